The molecule has 1 atom stereocenters. The fraction of sp³-hybridized carbons (Fsp3) is 0.867. The molecule has 118 valence electrons. The normalized spacial score (nSPS) is 31.4. The number of hydrogen-bond donors (Lipinski definition) is 1. The molecule has 1 aromatic rings. The van der Waals surface area contributed by atoms with Crippen LogP contribution >= 0.6 is 11.8 Å². The van der Waals surface area contributed by atoms with Gasteiger partial charge in [0.05, 0.1) is 6.04 Å². The second kappa shape index (κ2) is 7.11. The average Bonchev–Trinajstić information content (AvgIpc) is 2.98. The molecule has 0 amide bonds. The van der Waals surface area contributed by atoms with Gasteiger partial charge in [-0.25, -0.2) is 0 Å². The predicted octanol–water partition coefficient (Wildman–Crippen LogP) is 2.43. The maximum atomic E-state index is 5.58. The Hall–Kier alpha value is -0.590. The number of aromatic nitrogens is 2. The lowest BCUT2D eigenvalue weighted by Crippen LogP contribution is -2.33. The summed E-state index contributed by atoms with van der Waals surface area (Å²) < 4.78 is 5.58. The minimum Gasteiger partial charge on any atom is -0.339 e. The van der Waals surface area contributed by atoms with Gasteiger partial charge < -0.3 is 9.84 Å². The number of nitrogens with one attached hydrogen (secondary N) is 1. The zero-order valence-corrected chi connectivity index (χ0v) is 13.9. The molecular formula is C15H26N4OS. The monoisotopic (exact) mass is 310 g/mol. The molecule has 1 N–H and O–H groups in total. The van der Waals surface area contributed by atoms with Crippen LogP contribution in [0.15, 0.2) is 4.52 Å². The van der Waals surface area contributed by atoms with Gasteiger partial charge in [0.1, 0.15) is 0 Å². The van der Waals surface area contributed by atoms with Crippen molar-refractivity contribution in [1.82, 2.24) is 20.4 Å². The van der Waals surface area contributed by atoms with Crippen LogP contribution < -0.4 is 5.32 Å². The summed E-state index contributed by atoms with van der Waals surface area (Å²) in [6.45, 7) is 4.34. The van der Waals surface area contributed by atoms with E-state index < -0.39 is 0 Å². The zero-order valence-electron chi connectivity index (χ0n) is 13.0. The zero-order chi connectivity index (χ0) is 14.7. The lowest BCUT2D eigenvalue weighted by atomic mass is 9.86. The van der Waals surface area contributed by atoms with E-state index in [0.29, 0.717) is 18.0 Å². The predicted molar refractivity (Wildman–Crippen MR) is 85.7 cm³/mol. The second-order valence-electron chi connectivity index (χ2n) is 6.17. The van der Waals surface area contributed by atoms with Gasteiger partial charge in [0.25, 0.3) is 0 Å². The van der Waals surface area contributed by atoms with Gasteiger partial charge >= 0.3 is 0 Å². The average molecular weight is 310 g/mol. The Balaban J connectivity index is 1.60. The molecule has 0 aromatic carbocycles. The standard InChI is InChI=1S/C15H26N4OS/c1-3-16-12-6-4-11(5-7-12)15-17-14(18-20-15)13-10-21-9-8-19(13)2/h11-13,16H,3-10H2,1-2H3. The molecule has 6 heteroatoms. The largest absolute Gasteiger partial charge is 0.339 e. The topological polar surface area (TPSA) is 54.2 Å². The Morgan fingerprint density at radius 3 is 2.86 bits per heavy atom. The maximum Gasteiger partial charge on any atom is 0.229 e. The van der Waals surface area contributed by atoms with Crippen molar-refractivity contribution in [2.75, 3.05) is 31.6 Å². The molecule has 2 aliphatic rings. The minimum absolute atomic E-state index is 0.319. The number of nitrogens with zero attached hydrogens (tertiary/aromatic N) is 3. The van der Waals surface area contributed by atoms with Gasteiger partial charge in [-0.2, -0.15) is 16.7 Å². The summed E-state index contributed by atoms with van der Waals surface area (Å²) in [6.07, 6.45) is 4.76. The van der Waals surface area contributed by atoms with Crippen molar-refractivity contribution in [3.8, 4) is 0 Å². The van der Waals surface area contributed by atoms with Crippen molar-refractivity contribution in [3.63, 3.8) is 0 Å². The van der Waals surface area contributed by atoms with Crippen LogP contribution in [0, 0.1) is 0 Å². The van der Waals surface area contributed by atoms with Crippen LogP contribution in [0.1, 0.15) is 56.3 Å². The van der Waals surface area contributed by atoms with E-state index in [1.54, 1.807) is 0 Å². The molecule has 2 heterocycles. The first-order valence-electron chi connectivity index (χ1n) is 8.12. The minimum atomic E-state index is 0.319. The van der Waals surface area contributed by atoms with Crippen LogP contribution in [0.25, 0.3) is 0 Å². The van der Waals surface area contributed by atoms with Gasteiger partial charge in [-0.1, -0.05) is 12.1 Å². The van der Waals surface area contributed by atoms with E-state index in [0.717, 1.165) is 43.4 Å². The van der Waals surface area contributed by atoms with Crippen molar-refractivity contribution in [2.24, 2.45) is 0 Å². The van der Waals surface area contributed by atoms with E-state index in [4.69, 9.17) is 9.51 Å². The number of rotatable bonds is 4. The van der Waals surface area contributed by atoms with Gasteiger partial charge in [0.15, 0.2) is 5.82 Å². The third-order valence-electron chi connectivity index (χ3n) is 4.72. The quantitative estimate of drug-likeness (QED) is 0.922. The summed E-state index contributed by atoms with van der Waals surface area (Å²) in [5, 5.41) is 7.81. The molecule has 1 saturated carbocycles. The SMILES string of the molecule is CCNC1CCC(c2nc(C3CSCCN3C)no2)CC1. The van der Waals surface area contributed by atoms with Crippen molar-refractivity contribution >= 4 is 11.8 Å². The van der Waals surface area contributed by atoms with Gasteiger partial charge in [0, 0.05) is 30.0 Å². The first-order chi connectivity index (χ1) is 10.3. The molecule has 3 rings (SSSR count). The fourth-order valence-corrected chi connectivity index (χ4v) is 4.55. The second-order valence-corrected chi connectivity index (χ2v) is 7.32. The molecule has 0 radical (unpaired) electrons. The molecule has 2 fully saturated rings. The highest BCUT2D eigenvalue weighted by atomic mass is 32.2. The van der Waals surface area contributed by atoms with Crippen LogP contribution in [0.5, 0.6) is 0 Å². The molecule has 21 heavy (non-hydrogen) atoms. The van der Waals surface area contributed by atoms with E-state index in [2.05, 4.69) is 29.3 Å². The van der Waals surface area contributed by atoms with Crippen molar-refractivity contribution in [2.45, 2.75) is 50.6 Å². The lowest BCUT2D eigenvalue weighted by Gasteiger charge is -2.29. The summed E-state index contributed by atoms with van der Waals surface area (Å²) in [7, 11) is 2.15. The van der Waals surface area contributed by atoms with Gasteiger partial charge in [-0.05, 0) is 39.3 Å². The van der Waals surface area contributed by atoms with E-state index >= 15 is 0 Å². The van der Waals surface area contributed by atoms with Crippen LogP contribution in [0.4, 0.5) is 0 Å². The summed E-state index contributed by atoms with van der Waals surface area (Å²) in [4.78, 5) is 7.07. The van der Waals surface area contributed by atoms with E-state index in [9.17, 15) is 0 Å². The molecule has 5 nitrogen and oxygen atoms in total. The van der Waals surface area contributed by atoms with E-state index in [1.807, 2.05) is 11.8 Å². The summed E-state index contributed by atoms with van der Waals surface area (Å²) >= 11 is 1.98. The first kappa shape index (κ1) is 15.3. The summed E-state index contributed by atoms with van der Waals surface area (Å²) in [5.74, 6) is 4.48. The third kappa shape index (κ3) is 3.60. The Morgan fingerprint density at radius 1 is 1.33 bits per heavy atom. The van der Waals surface area contributed by atoms with Gasteiger partial charge in [-0.15, -0.1) is 0 Å². The lowest BCUT2D eigenvalue weighted by molar-refractivity contribution is 0.253. The molecule has 1 aliphatic heterocycles. The van der Waals surface area contributed by atoms with Gasteiger partial charge in [-0.3, -0.25) is 4.90 Å². The highest BCUT2D eigenvalue weighted by Gasteiger charge is 2.29. The van der Waals surface area contributed by atoms with E-state index in [1.165, 1.54) is 18.6 Å². The van der Waals surface area contributed by atoms with E-state index in [-0.39, 0.29) is 0 Å². The Labute approximate surface area is 131 Å². The maximum absolute atomic E-state index is 5.58. The van der Waals surface area contributed by atoms with Gasteiger partial charge in [0.2, 0.25) is 5.89 Å². The van der Waals surface area contributed by atoms with Crippen molar-refractivity contribution in [3.05, 3.63) is 11.7 Å². The van der Waals surface area contributed by atoms with Crippen LogP contribution in [-0.4, -0.2) is 52.7 Å². The molecule has 1 unspecified atom stereocenters. The summed E-state index contributed by atoms with van der Waals surface area (Å²) in [6, 6.07) is 0.994. The van der Waals surface area contributed by atoms with Crippen molar-refractivity contribution < 1.29 is 4.52 Å². The number of thioether (sulfide) groups is 1. The van der Waals surface area contributed by atoms with Crippen LogP contribution in [0.3, 0.4) is 0 Å². The highest BCUT2D eigenvalue weighted by Crippen LogP contribution is 2.33. The fourth-order valence-electron chi connectivity index (χ4n) is 3.34. The highest BCUT2D eigenvalue weighted by molar-refractivity contribution is 7.99. The first-order valence-corrected chi connectivity index (χ1v) is 9.28. The molecule has 1 aromatic heterocycles. The number of hydrogen-bond acceptors (Lipinski definition) is 6. The molecule has 1 saturated heterocycles. The summed E-state index contributed by atoms with van der Waals surface area (Å²) in [5.41, 5.74) is 0. The van der Waals surface area contributed by atoms with Crippen LogP contribution in [0.2, 0.25) is 0 Å². The Morgan fingerprint density at radius 2 is 2.14 bits per heavy atom. The Kier molecular flexibility index (Phi) is 5.19. The third-order valence-corrected chi connectivity index (χ3v) is 5.74. The molecule has 1 aliphatic carbocycles. The van der Waals surface area contributed by atoms with Crippen LogP contribution in [-0.2, 0) is 0 Å². The molecule has 0 bridgehead atoms. The molecular weight excluding hydrogens is 284 g/mol. The van der Waals surface area contributed by atoms with Crippen molar-refractivity contribution in [1.29, 1.82) is 0 Å². The smallest absolute Gasteiger partial charge is 0.229 e. The molecule has 0 spiro atoms. The Bertz CT molecular complexity index is 445.